The highest BCUT2D eigenvalue weighted by molar-refractivity contribution is 6.27. The summed E-state index contributed by atoms with van der Waals surface area (Å²) in [5.41, 5.74) is 5.11. The van der Waals surface area contributed by atoms with Gasteiger partial charge >= 0.3 is 0 Å². The molecule has 6 amide bonds. The lowest BCUT2D eigenvalue weighted by Gasteiger charge is -2.33. The second-order valence-corrected chi connectivity index (χ2v) is 18.0. The highest BCUT2D eigenvalue weighted by Gasteiger charge is 2.24. The molecule has 0 atom stereocenters. The Kier molecular flexibility index (Phi) is 31.5. The third-order valence-electron chi connectivity index (χ3n) is 9.34. The number of halogens is 1. The molecule has 5 N–H and O–H groups in total. The quantitative estimate of drug-likeness (QED) is 0.0505. The minimum atomic E-state index is -0.651. The summed E-state index contributed by atoms with van der Waals surface area (Å²) in [7, 11) is 6.25. The number of nitrogens with one attached hydrogen (secondary N) is 4. The Hall–Kier alpha value is -4.57. The van der Waals surface area contributed by atoms with E-state index < -0.39 is 28.9 Å². The minimum Gasteiger partial charge on any atom is -0.321 e. The molecule has 378 valence electrons. The molecule has 0 aliphatic carbocycles. The predicted molar refractivity (Wildman–Crippen MR) is 257 cm³/mol. The van der Waals surface area contributed by atoms with E-state index in [1.54, 1.807) is 20.8 Å². The first kappa shape index (κ1) is 61.4. The summed E-state index contributed by atoms with van der Waals surface area (Å²) in [5, 5.41) is 11.8. The average molecular weight is 958 g/mol. The molecule has 3 rings (SSSR count). The third kappa shape index (κ3) is 31.4. The molecule has 3 aliphatic rings. The van der Waals surface area contributed by atoms with E-state index in [0.717, 1.165) is 65.4 Å². The van der Waals surface area contributed by atoms with Gasteiger partial charge in [0, 0.05) is 81.4 Å². The zero-order valence-corrected chi connectivity index (χ0v) is 41.5. The lowest BCUT2D eigenvalue weighted by atomic mass is 10.2. The maximum absolute atomic E-state index is 12.4. The SMILES string of the molecule is C#CCN(CC(=O)NO)C(=O)CN1CCN(C)CC1.C#CCN(CC(=O)NOC(C)(C)C)C(=O)CCl.C#CCN(CC(=O)NOC(C)(C)C)C(=O)CN1CCN(C)CC1.CN1CCNCC1.[HH].[HH]. The highest BCUT2D eigenvalue weighted by atomic mass is 35.5. The maximum atomic E-state index is 12.4. The standard InChI is InChI=1S/C16H28N4O3.C12H20N4O3.C11H17ClN2O3.C5H12N2.2H2/c1-6-7-20(12-14(21)17-23-16(2,3)4)15(22)13-19-10-8-18(5)9-11-19;1-3-4-16(9-11(17)13-19)12(18)10-15-7-5-14(2)6-8-15;1-5-6-14(10(16)7-12)8-9(15)13-17-11(2,3)4;1-7-4-2-6-3-5-7;;/h1H,7-13H2,2-5H3,(H,17,21);1,19H,4-10H2,2H3,(H,13,17);1H,6-8H2,2-4H3,(H,13,15);6H,2-5H2,1H3;2*1H. The summed E-state index contributed by atoms with van der Waals surface area (Å²) in [6.07, 6.45) is 15.6. The van der Waals surface area contributed by atoms with Crippen LogP contribution in [-0.4, -0.2) is 249 Å². The van der Waals surface area contributed by atoms with Gasteiger partial charge in [-0.3, -0.25) is 53.4 Å². The number of hydroxylamine groups is 3. The summed E-state index contributed by atoms with van der Waals surface area (Å²) in [6.45, 7) is 22.8. The average Bonchev–Trinajstić information content (AvgIpc) is 3.26. The van der Waals surface area contributed by atoms with E-state index in [-0.39, 0.29) is 78.8 Å². The number of rotatable bonds is 16. The summed E-state index contributed by atoms with van der Waals surface area (Å²) >= 11 is 5.39. The van der Waals surface area contributed by atoms with E-state index in [1.165, 1.54) is 33.3 Å². The van der Waals surface area contributed by atoms with Crippen LogP contribution in [0.4, 0.5) is 0 Å². The fourth-order valence-corrected chi connectivity index (χ4v) is 5.69. The third-order valence-corrected chi connectivity index (χ3v) is 9.57. The number of carbonyl (C=O) groups excluding carboxylic acids is 6. The summed E-state index contributed by atoms with van der Waals surface area (Å²) in [4.78, 5) is 95.1. The molecular formula is C44H81ClN12O9. The van der Waals surface area contributed by atoms with Crippen molar-refractivity contribution in [3.63, 3.8) is 0 Å². The lowest BCUT2D eigenvalue weighted by Crippen LogP contribution is -2.50. The van der Waals surface area contributed by atoms with Gasteiger partial charge < -0.3 is 34.7 Å². The zero-order chi connectivity index (χ0) is 50.3. The zero-order valence-electron chi connectivity index (χ0n) is 40.8. The summed E-state index contributed by atoms with van der Waals surface area (Å²) in [5.74, 6) is 4.62. The van der Waals surface area contributed by atoms with Crippen molar-refractivity contribution in [2.45, 2.75) is 52.7 Å². The van der Waals surface area contributed by atoms with Crippen molar-refractivity contribution in [1.29, 1.82) is 0 Å². The molecule has 3 heterocycles. The van der Waals surface area contributed by atoms with Gasteiger partial charge in [-0.05, 0) is 62.7 Å². The molecule has 0 radical (unpaired) electrons. The molecule has 0 unspecified atom stereocenters. The van der Waals surface area contributed by atoms with Gasteiger partial charge in [-0.15, -0.1) is 30.9 Å². The molecule has 66 heavy (non-hydrogen) atoms. The molecular weight excluding hydrogens is 876 g/mol. The van der Waals surface area contributed by atoms with Gasteiger partial charge in [-0.1, -0.05) is 17.8 Å². The second-order valence-electron chi connectivity index (χ2n) is 17.7. The Bertz CT molecular complexity index is 1610. The van der Waals surface area contributed by atoms with Crippen molar-refractivity contribution in [2.24, 2.45) is 0 Å². The molecule has 21 nitrogen and oxygen atoms in total. The van der Waals surface area contributed by atoms with Gasteiger partial charge in [0.05, 0.1) is 43.9 Å². The number of hydrogen-bond acceptors (Lipinski definition) is 15. The number of piperazine rings is 3. The summed E-state index contributed by atoms with van der Waals surface area (Å²) in [6, 6.07) is 0. The smallest absolute Gasteiger partial charge is 0.263 e. The van der Waals surface area contributed by atoms with Crippen LogP contribution in [0.2, 0.25) is 0 Å². The predicted octanol–water partition coefficient (Wildman–Crippen LogP) is -1.71. The Labute approximate surface area is 401 Å². The van der Waals surface area contributed by atoms with Crippen LogP contribution in [0.5, 0.6) is 0 Å². The van der Waals surface area contributed by atoms with Crippen LogP contribution in [0.15, 0.2) is 0 Å². The van der Waals surface area contributed by atoms with Gasteiger partial charge in [0.15, 0.2) is 0 Å². The topological polar surface area (TPSA) is 215 Å². The van der Waals surface area contributed by atoms with Crippen molar-refractivity contribution < 1.29 is 46.5 Å². The number of alkyl halides is 1. The summed E-state index contributed by atoms with van der Waals surface area (Å²) < 4.78 is 0. The molecule has 0 bridgehead atoms. The van der Waals surface area contributed by atoms with E-state index in [9.17, 15) is 28.8 Å². The lowest BCUT2D eigenvalue weighted by molar-refractivity contribution is -0.150. The monoisotopic (exact) mass is 957 g/mol. The van der Waals surface area contributed by atoms with Gasteiger partial charge in [-0.2, -0.15) is 0 Å². The maximum Gasteiger partial charge on any atom is 0.263 e. The van der Waals surface area contributed by atoms with Crippen molar-refractivity contribution in [2.75, 3.05) is 158 Å². The number of likely N-dealkylation sites (N-methyl/N-ethyl adjacent to an activating group) is 3. The van der Waals surface area contributed by atoms with Crippen molar-refractivity contribution in [1.82, 2.24) is 61.0 Å². The Balaban J connectivity index is -0.000000863. The van der Waals surface area contributed by atoms with Crippen LogP contribution in [0.25, 0.3) is 0 Å². The Morgan fingerprint density at radius 2 is 0.909 bits per heavy atom. The molecule has 22 heteroatoms. The number of nitrogens with zero attached hydrogens (tertiary/aromatic N) is 8. The van der Waals surface area contributed by atoms with Crippen molar-refractivity contribution in [3.05, 3.63) is 0 Å². The number of terminal acetylenes is 3. The minimum absolute atomic E-state index is 0. The molecule has 0 aromatic carbocycles. The second kappa shape index (κ2) is 33.8. The van der Waals surface area contributed by atoms with Crippen LogP contribution < -0.4 is 21.8 Å². The molecule has 3 aliphatic heterocycles. The van der Waals surface area contributed by atoms with Crippen molar-refractivity contribution in [3.8, 4) is 37.0 Å². The fraction of sp³-hybridized carbons (Fsp3) is 0.727. The van der Waals surface area contributed by atoms with Crippen LogP contribution in [-0.2, 0) is 38.4 Å². The molecule has 0 aromatic heterocycles. The molecule has 0 aromatic rings. The normalized spacial score (nSPS) is 16.0. The largest absolute Gasteiger partial charge is 0.321 e. The first-order valence-electron chi connectivity index (χ1n) is 21.7. The molecule has 0 saturated carbocycles. The van der Waals surface area contributed by atoms with E-state index in [2.05, 4.69) is 67.7 Å². The van der Waals surface area contributed by atoms with E-state index in [0.29, 0.717) is 0 Å². The van der Waals surface area contributed by atoms with Crippen molar-refractivity contribution >= 4 is 47.0 Å². The van der Waals surface area contributed by atoms with Gasteiger partial charge in [0.1, 0.15) is 25.5 Å². The van der Waals surface area contributed by atoms with Gasteiger partial charge in [0.2, 0.25) is 17.7 Å². The number of amides is 6. The fourth-order valence-electron chi connectivity index (χ4n) is 5.52. The van der Waals surface area contributed by atoms with Crippen LogP contribution >= 0.6 is 11.6 Å². The van der Waals surface area contributed by atoms with E-state index in [4.69, 9.17) is 45.8 Å². The molecule has 3 saturated heterocycles. The number of hydrogen-bond donors (Lipinski definition) is 5. The molecule has 0 spiro atoms. The number of carbonyl (C=O) groups is 6. The van der Waals surface area contributed by atoms with E-state index in [1.807, 2.05) is 32.7 Å². The van der Waals surface area contributed by atoms with Crippen LogP contribution in [0, 0.1) is 37.0 Å². The highest BCUT2D eigenvalue weighted by Crippen LogP contribution is 2.06. The Morgan fingerprint density at radius 1 is 0.591 bits per heavy atom. The van der Waals surface area contributed by atoms with Gasteiger partial charge in [-0.25, -0.2) is 16.4 Å². The van der Waals surface area contributed by atoms with Crippen LogP contribution in [0.3, 0.4) is 0 Å². The van der Waals surface area contributed by atoms with Crippen LogP contribution in [0.1, 0.15) is 44.4 Å². The first-order valence-corrected chi connectivity index (χ1v) is 22.3. The first-order chi connectivity index (χ1) is 31.0. The Morgan fingerprint density at radius 3 is 1.18 bits per heavy atom. The van der Waals surface area contributed by atoms with Gasteiger partial charge in [0.25, 0.3) is 17.7 Å². The van der Waals surface area contributed by atoms with E-state index >= 15 is 0 Å². The molecule has 3 fully saturated rings.